The Balaban J connectivity index is 1.29. The molecule has 3 fully saturated rings. The number of imidazole rings is 1. The smallest absolute Gasteiger partial charge is 0.248 e. The summed E-state index contributed by atoms with van der Waals surface area (Å²) in [5.74, 6) is -1.93. The lowest BCUT2D eigenvalue weighted by molar-refractivity contribution is -0.144. The Kier molecular flexibility index (Phi) is 10.4. The number of nitrogens with zero attached hydrogens (tertiary/aromatic N) is 6. The number of fused-ring (bicyclic) bond motifs is 1. The first-order valence-corrected chi connectivity index (χ1v) is 16.1. The van der Waals surface area contributed by atoms with Crippen LogP contribution < -0.4 is 16.4 Å². The van der Waals surface area contributed by atoms with Gasteiger partial charge in [-0.1, -0.05) is 27.7 Å². The van der Waals surface area contributed by atoms with E-state index in [9.17, 15) is 34.5 Å². The summed E-state index contributed by atoms with van der Waals surface area (Å²) in [6, 6.07) is -3.23. The molecule has 3 aliphatic rings. The summed E-state index contributed by atoms with van der Waals surface area (Å²) in [6.07, 6.45) is -0.169. The first kappa shape index (κ1) is 34.6. The van der Waals surface area contributed by atoms with Gasteiger partial charge in [0.15, 0.2) is 23.2 Å². The van der Waals surface area contributed by atoms with Gasteiger partial charge in [-0.3, -0.25) is 23.7 Å². The van der Waals surface area contributed by atoms with Crippen LogP contribution >= 0.6 is 0 Å². The number of aromatic nitrogens is 4. The Bertz CT molecular complexity index is 1480. The number of carbonyl (C=O) groups is 4. The van der Waals surface area contributed by atoms with E-state index in [1.54, 1.807) is 13.8 Å². The Labute approximate surface area is 271 Å². The van der Waals surface area contributed by atoms with Gasteiger partial charge in [0.25, 0.3) is 0 Å². The molecule has 17 heteroatoms. The van der Waals surface area contributed by atoms with Crippen molar-refractivity contribution in [3.05, 3.63) is 12.7 Å². The number of carbonyl (C=O) groups excluding carboxylic acids is 4. The van der Waals surface area contributed by atoms with Gasteiger partial charge in [-0.25, -0.2) is 15.0 Å². The fourth-order valence-corrected chi connectivity index (χ4v) is 6.46. The Morgan fingerprint density at radius 1 is 0.936 bits per heavy atom. The molecule has 0 aliphatic carbocycles. The number of ether oxygens (including phenoxy) is 1. The molecule has 0 spiro atoms. The number of hydrogen-bond acceptors (Lipinski definition) is 12. The minimum Gasteiger partial charge on any atom is -0.394 e. The second-order valence-electron chi connectivity index (χ2n) is 13.1. The van der Waals surface area contributed by atoms with E-state index in [0.717, 1.165) is 0 Å². The third kappa shape index (κ3) is 6.67. The highest BCUT2D eigenvalue weighted by atomic mass is 16.6. The van der Waals surface area contributed by atoms with E-state index in [1.165, 1.54) is 27.0 Å². The van der Waals surface area contributed by atoms with E-state index in [0.29, 0.717) is 38.8 Å². The van der Waals surface area contributed by atoms with Crippen LogP contribution in [0.4, 0.5) is 5.82 Å². The van der Waals surface area contributed by atoms with Crippen LogP contribution in [0.2, 0.25) is 0 Å². The molecule has 5 rings (SSSR count). The lowest BCUT2D eigenvalue weighted by Gasteiger charge is -2.33. The summed E-state index contributed by atoms with van der Waals surface area (Å²) in [5.41, 5.74) is 6.49. The van der Waals surface area contributed by atoms with E-state index in [2.05, 4.69) is 25.6 Å². The summed E-state index contributed by atoms with van der Waals surface area (Å²) >= 11 is 0. The van der Waals surface area contributed by atoms with Crippen LogP contribution in [0, 0.1) is 11.8 Å². The maximum atomic E-state index is 13.9. The van der Waals surface area contributed by atoms with Crippen molar-refractivity contribution in [2.24, 2.45) is 17.6 Å². The van der Waals surface area contributed by atoms with Gasteiger partial charge in [0.2, 0.25) is 23.6 Å². The van der Waals surface area contributed by atoms with Gasteiger partial charge in [-0.2, -0.15) is 0 Å². The minimum absolute atomic E-state index is 0.0732. The molecule has 2 aromatic heterocycles. The quantitative estimate of drug-likeness (QED) is 0.171. The maximum absolute atomic E-state index is 13.9. The van der Waals surface area contributed by atoms with E-state index < -0.39 is 73.0 Å². The van der Waals surface area contributed by atoms with Crippen molar-refractivity contribution >= 4 is 40.6 Å². The monoisotopic (exact) mass is 659 g/mol. The first-order chi connectivity index (χ1) is 22.3. The maximum Gasteiger partial charge on any atom is 0.248 e. The van der Waals surface area contributed by atoms with E-state index in [4.69, 9.17) is 10.5 Å². The fraction of sp³-hybridized carbons (Fsp3) is 0.700. The van der Waals surface area contributed by atoms with Crippen LogP contribution in [-0.2, 0) is 23.9 Å². The molecule has 3 aliphatic heterocycles. The third-order valence-electron chi connectivity index (χ3n) is 9.30. The van der Waals surface area contributed by atoms with Crippen LogP contribution in [-0.4, -0.2) is 130 Å². The van der Waals surface area contributed by atoms with Crippen molar-refractivity contribution in [3.63, 3.8) is 0 Å². The number of aliphatic hydroxyl groups is 3. The number of anilines is 1. The summed E-state index contributed by atoms with van der Waals surface area (Å²) < 4.78 is 6.98. The van der Waals surface area contributed by atoms with Gasteiger partial charge in [-0.05, 0) is 37.5 Å². The SMILES string of the molecule is CC(C)[C@H](N)C(=O)N1CCC[C@H]1C(=O)N[C@H](C(=O)N1CCC[C@H]1C(=O)Nc1ncnc2c1ncn2[C@@H]1O[C@H](CO)[C@@H](O)[C@@H]1O)C(C)C. The molecule has 0 saturated carbocycles. The molecule has 7 N–H and O–H groups in total. The molecular formula is C30H45N9O8. The van der Waals surface area contributed by atoms with E-state index in [-0.39, 0.29) is 34.7 Å². The second-order valence-corrected chi connectivity index (χ2v) is 13.1. The van der Waals surface area contributed by atoms with Gasteiger partial charge in [0.1, 0.15) is 42.8 Å². The number of aliphatic hydroxyl groups excluding tert-OH is 3. The van der Waals surface area contributed by atoms with Gasteiger partial charge in [-0.15, -0.1) is 0 Å². The Hall–Kier alpha value is -3.77. The molecule has 0 unspecified atom stereocenters. The lowest BCUT2D eigenvalue weighted by atomic mass is 10.0. The predicted molar refractivity (Wildman–Crippen MR) is 166 cm³/mol. The molecule has 0 bridgehead atoms. The largest absolute Gasteiger partial charge is 0.394 e. The first-order valence-electron chi connectivity index (χ1n) is 16.1. The summed E-state index contributed by atoms with van der Waals surface area (Å²) in [5, 5.41) is 35.7. The van der Waals surface area contributed by atoms with Crippen LogP contribution in [0.1, 0.15) is 59.6 Å². The van der Waals surface area contributed by atoms with E-state index in [1.807, 2.05) is 13.8 Å². The zero-order valence-corrected chi connectivity index (χ0v) is 27.0. The zero-order chi connectivity index (χ0) is 34.2. The molecule has 3 saturated heterocycles. The number of likely N-dealkylation sites (tertiary alicyclic amines) is 2. The predicted octanol–water partition coefficient (Wildman–Crippen LogP) is -1.52. The van der Waals surface area contributed by atoms with Crippen molar-refractivity contribution in [2.75, 3.05) is 25.0 Å². The molecule has 47 heavy (non-hydrogen) atoms. The van der Waals surface area contributed by atoms with Crippen LogP contribution in [0.3, 0.4) is 0 Å². The molecule has 0 radical (unpaired) electrons. The molecule has 4 amide bonds. The molecule has 5 heterocycles. The van der Waals surface area contributed by atoms with Gasteiger partial charge in [0, 0.05) is 13.1 Å². The summed E-state index contributed by atoms with van der Waals surface area (Å²) in [4.78, 5) is 69.6. The molecule has 0 aromatic carbocycles. The standard InChI is InChI=1S/C30H45N9O8/c1-14(2)19(31)28(45)37-9-5-7-16(37)26(43)35-20(15(3)4)29(46)38-10-6-8-17(38)27(44)36-24-21-25(33-12-32-24)39(13-34-21)30-23(42)22(41)18(11-40)47-30/h12-20,22-23,30,40-42H,5-11,31H2,1-4H3,(H,35,43)(H,32,33,36,44)/t16-,17-,18+,19-,20-,22+,23-,30+/m0/s1. The molecule has 17 nitrogen and oxygen atoms in total. The summed E-state index contributed by atoms with van der Waals surface area (Å²) in [7, 11) is 0. The topological polar surface area (TPSA) is 238 Å². The molecular weight excluding hydrogens is 614 g/mol. The number of nitrogens with one attached hydrogen (secondary N) is 2. The van der Waals surface area contributed by atoms with Gasteiger partial charge in [0.05, 0.1) is 19.0 Å². The van der Waals surface area contributed by atoms with Crippen LogP contribution in [0.5, 0.6) is 0 Å². The third-order valence-corrected chi connectivity index (χ3v) is 9.30. The zero-order valence-electron chi connectivity index (χ0n) is 27.0. The van der Waals surface area contributed by atoms with Crippen molar-refractivity contribution < 1.29 is 39.2 Å². The second kappa shape index (κ2) is 14.1. The van der Waals surface area contributed by atoms with Crippen molar-refractivity contribution in [1.82, 2.24) is 34.6 Å². The lowest BCUT2D eigenvalue weighted by Crippen LogP contribution is -2.58. The molecule has 2 aromatic rings. The minimum atomic E-state index is -1.36. The molecule has 258 valence electrons. The average Bonchev–Trinajstić information content (AvgIpc) is 3.85. The van der Waals surface area contributed by atoms with Crippen molar-refractivity contribution in [3.8, 4) is 0 Å². The summed E-state index contributed by atoms with van der Waals surface area (Å²) in [6.45, 7) is 7.54. The van der Waals surface area contributed by atoms with Crippen molar-refractivity contribution in [1.29, 1.82) is 0 Å². The van der Waals surface area contributed by atoms with Gasteiger partial charge < -0.3 is 46.2 Å². The van der Waals surface area contributed by atoms with Crippen molar-refractivity contribution in [2.45, 2.75) is 102 Å². The number of rotatable bonds is 10. The number of hydrogen-bond donors (Lipinski definition) is 6. The van der Waals surface area contributed by atoms with Gasteiger partial charge >= 0.3 is 0 Å². The Morgan fingerprint density at radius 2 is 1.57 bits per heavy atom. The number of nitrogens with two attached hydrogens (primary N) is 1. The average molecular weight is 660 g/mol. The van der Waals surface area contributed by atoms with Crippen LogP contribution in [0.25, 0.3) is 11.2 Å². The highest BCUT2D eigenvalue weighted by molar-refractivity contribution is 6.02. The van der Waals surface area contributed by atoms with Crippen LogP contribution in [0.15, 0.2) is 12.7 Å². The normalized spacial score (nSPS) is 27.5. The van der Waals surface area contributed by atoms with E-state index >= 15 is 0 Å². The Morgan fingerprint density at radius 3 is 2.17 bits per heavy atom. The fourth-order valence-electron chi connectivity index (χ4n) is 6.46. The molecule has 8 atom stereocenters. The highest BCUT2D eigenvalue weighted by Gasteiger charge is 2.45. The highest BCUT2D eigenvalue weighted by Crippen LogP contribution is 2.32. The number of amides is 4.